The van der Waals surface area contributed by atoms with Gasteiger partial charge in [0.2, 0.25) is 17.7 Å². The number of carbonyl (C=O) groups excluding carboxylic acids is 4. The van der Waals surface area contributed by atoms with Crippen molar-refractivity contribution in [2.24, 2.45) is 28.1 Å². The number of rotatable bonds is 18. The zero-order valence-electron chi connectivity index (χ0n) is 28.9. The van der Waals surface area contributed by atoms with Crippen LogP contribution in [-0.2, 0) is 27.3 Å². The molecule has 0 spiro atoms. The lowest BCUT2D eigenvalue weighted by molar-refractivity contribution is -0.138. The van der Waals surface area contributed by atoms with Crippen molar-refractivity contribution in [3.8, 4) is 5.75 Å². The highest BCUT2D eigenvalue weighted by atomic mass is 16.3. The maximum absolute atomic E-state index is 13.7. The lowest BCUT2D eigenvalue weighted by Gasteiger charge is -2.29. The molecule has 2 aromatic carbocycles. The fourth-order valence-electron chi connectivity index (χ4n) is 5.82. The molecule has 1 aliphatic heterocycles. The van der Waals surface area contributed by atoms with Crippen molar-refractivity contribution in [1.29, 1.82) is 0 Å². The number of aromatic hydroxyl groups is 1. The van der Waals surface area contributed by atoms with E-state index in [1.807, 2.05) is 44.2 Å². The third-order valence-corrected chi connectivity index (χ3v) is 8.50. The van der Waals surface area contributed by atoms with Gasteiger partial charge in [-0.15, -0.1) is 0 Å². The van der Waals surface area contributed by atoms with Crippen LogP contribution in [0, 0.1) is 5.92 Å². The number of phenolic OH excluding ortho intramolecular Hbond substituents is 1. The molecule has 3 atom stereocenters. The maximum atomic E-state index is 13.7. The standard InChI is InChI=1S/C35H53N9O5/c1-23(2)18-27(21-31(46)43(3)29(32(36)47)19-24-8-5-4-6-9-24)41-34(49)28(10-7-13-40-35(37)38)42-33(48)25-11-12-26(30(45)20-25)22-44-16-14-39-15-17-44/h4-6,8-9,11-12,20,23,27-29,39,45H,7,10,13-19,21-22H2,1-3H3,(H2,36,47)(H,41,49)(H,42,48)(H4,37,38,40)/t27?,28-,29-/m0/s1. The summed E-state index contributed by atoms with van der Waals surface area (Å²) in [4.78, 5) is 60.5. The van der Waals surface area contributed by atoms with Crippen molar-refractivity contribution >= 4 is 29.6 Å². The summed E-state index contributed by atoms with van der Waals surface area (Å²) in [5, 5.41) is 19.8. The number of hydrogen-bond acceptors (Lipinski definition) is 8. The Kier molecular flexibility index (Phi) is 15.3. The van der Waals surface area contributed by atoms with Crippen LogP contribution >= 0.6 is 0 Å². The van der Waals surface area contributed by atoms with E-state index in [4.69, 9.17) is 17.2 Å². The third kappa shape index (κ3) is 13.0. The first kappa shape index (κ1) is 38.8. The van der Waals surface area contributed by atoms with Crippen molar-refractivity contribution in [3.63, 3.8) is 0 Å². The number of hydrogen-bond donors (Lipinski definition) is 7. The molecule has 0 bridgehead atoms. The van der Waals surface area contributed by atoms with Crippen molar-refractivity contribution in [2.75, 3.05) is 39.8 Å². The van der Waals surface area contributed by atoms with E-state index in [0.29, 0.717) is 24.9 Å². The van der Waals surface area contributed by atoms with Gasteiger partial charge in [-0.1, -0.05) is 50.2 Å². The number of phenols is 1. The number of amides is 4. The number of nitrogens with zero attached hydrogens (tertiary/aromatic N) is 3. The van der Waals surface area contributed by atoms with Crippen molar-refractivity contribution < 1.29 is 24.3 Å². The quantitative estimate of drug-likeness (QED) is 0.0658. The molecule has 14 heteroatoms. The van der Waals surface area contributed by atoms with E-state index in [2.05, 4.69) is 25.8 Å². The molecule has 1 aliphatic rings. The van der Waals surface area contributed by atoms with Gasteiger partial charge < -0.3 is 43.2 Å². The number of benzene rings is 2. The topological polar surface area (TPSA) is 222 Å². The van der Waals surface area contributed by atoms with Crippen molar-refractivity contribution in [1.82, 2.24) is 25.8 Å². The number of nitrogens with two attached hydrogens (primary N) is 3. The Morgan fingerprint density at radius 3 is 2.33 bits per heavy atom. The van der Waals surface area contributed by atoms with Crippen LogP contribution in [0.15, 0.2) is 53.5 Å². The van der Waals surface area contributed by atoms with Crippen LogP contribution in [0.4, 0.5) is 0 Å². The summed E-state index contributed by atoms with van der Waals surface area (Å²) in [6, 6.07) is 11.6. The molecule has 1 heterocycles. The van der Waals surface area contributed by atoms with Crippen LogP contribution in [0.2, 0.25) is 0 Å². The monoisotopic (exact) mass is 679 g/mol. The van der Waals surface area contributed by atoms with Crippen molar-refractivity contribution in [3.05, 3.63) is 65.2 Å². The second-order valence-electron chi connectivity index (χ2n) is 13.0. The Labute approximate surface area is 288 Å². The summed E-state index contributed by atoms with van der Waals surface area (Å²) >= 11 is 0. The van der Waals surface area contributed by atoms with Crippen LogP contribution in [0.3, 0.4) is 0 Å². The molecule has 4 amide bonds. The Hall–Kier alpha value is -4.69. The number of piperazine rings is 1. The number of nitrogens with one attached hydrogen (secondary N) is 3. The molecular weight excluding hydrogens is 626 g/mol. The SMILES string of the molecule is CC(C)CC(CC(=O)N(C)[C@@H](Cc1ccccc1)C(N)=O)NC(=O)[C@H](CCCN=C(N)N)NC(=O)c1ccc(CN2CCNCC2)c(O)c1. The summed E-state index contributed by atoms with van der Waals surface area (Å²) in [6.07, 6.45) is 1.26. The molecule has 0 aliphatic carbocycles. The smallest absolute Gasteiger partial charge is 0.252 e. The van der Waals surface area contributed by atoms with Crippen molar-refractivity contribution in [2.45, 2.75) is 70.6 Å². The second-order valence-corrected chi connectivity index (χ2v) is 13.0. The van der Waals surface area contributed by atoms with Crippen LogP contribution in [0.25, 0.3) is 0 Å². The van der Waals surface area contributed by atoms with Crippen LogP contribution in [-0.4, -0.2) is 102 Å². The van der Waals surface area contributed by atoms with E-state index < -0.39 is 35.8 Å². The van der Waals surface area contributed by atoms with E-state index >= 15 is 0 Å². The number of carbonyl (C=O) groups is 4. The Bertz CT molecular complexity index is 1430. The van der Waals surface area contributed by atoms with Gasteiger partial charge in [0.05, 0.1) is 0 Å². The molecule has 1 saturated heterocycles. The molecule has 1 fully saturated rings. The molecule has 3 rings (SSSR count). The van der Waals surface area contributed by atoms with Crippen LogP contribution in [0.5, 0.6) is 5.75 Å². The zero-order chi connectivity index (χ0) is 35.9. The van der Waals surface area contributed by atoms with Gasteiger partial charge in [0.1, 0.15) is 17.8 Å². The second kappa shape index (κ2) is 19.3. The molecule has 14 nitrogen and oxygen atoms in total. The average molecular weight is 680 g/mol. The Morgan fingerprint density at radius 2 is 1.71 bits per heavy atom. The molecule has 10 N–H and O–H groups in total. The lowest BCUT2D eigenvalue weighted by atomic mass is 9.98. The summed E-state index contributed by atoms with van der Waals surface area (Å²) in [7, 11) is 1.53. The third-order valence-electron chi connectivity index (χ3n) is 8.50. The molecular formula is C35H53N9O5. The fourth-order valence-corrected chi connectivity index (χ4v) is 5.82. The Balaban J connectivity index is 1.73. The summed E-state index contributed by atoms with van der Waals surface area (Å²) in [5.74, 6) is -1.95. The highest BCUT2D eigenvalue weighted by Crippen LogP contribution is 2.21. The highest BCUT2D eigenvalue weighted by Gasteiger charge is 2.30. The van der Waals surface area contributed by atoms with Gasteiger partial charge in [0.25, 0.3) is 5.91 Å². The first-order chi connectivity index (χ1) is 23.3. The molecule has 0 radical (unpaired) electrons. The van der Waals surface area contributed by atoms with Gasteiger partial charge >= 0.3 is 0 Å². The Morgan fingerprint density at radius 1 is 1.02 bits per heavy atom. The molecule has 268 valence electrons. The minimum atomic E-state index is -0.983. The van der Waals surface area contributed by atoms with E-state index in [-0.39, 0.29) is 54.9 Å². The van der Waals surface area contributed by atoms with Gasteiger partial charge in [-0.3, -0.25) is 29.1 Å². The molecule has 1 unspecified atom stereocenters. The zero-order valence-corrected chi connectivity index (χ0v) is 28.9. The molecule has 49 heavy (non-hydrogen) atoms. The molecule has 0 saturated carbocycles. The van der Waals surface area contributed by atoms with Gasteiger partial charge in [-0.05, 0) is 42.9 Å². The summed E-state index contributed by atoms with van der Waals surface area (Å²) in [6.45, 7) is 8.22. The first-order valence-corrected chi connectivity index (χ1v) is 16.8. The van der Waals surface area contributed by atoms with Gasteiger partial charge in [0.15, 0.2) is 5.96 Å². The summed E-state index contributed by atoms with van der Waals surface area (Å²) < 4.78 is 0. The number of aliphatic imine (C=N–C) groups is 1. The number of likely N-dealkylation sites (N-methyl/N-ethyl adjacent to an activating group) is 1. The largest absolute Gasteiger partial charge is 0.508 e. The molecule has 0 aromatic heterocycles. The van der Waals surface area contributed by atoms with E-state index in [1.54, 1.807) is 12.1 Å². The van der Waals surface area contributed by atoms with Gasteiger partial charge in [0, 0.05) is 76.3 Å². The lowest BCUT2D eigenvalue weighted by Crippen LogP contribution is -2.52. The average Bonchev–Trinajstić information content (AvgIpc) is 3.05. The number of guanidine groups is 1. The van der Waals surface area contributed by atoms with Crippen LogP contribution in [0.1, 0.15) is 61.0 Å². The summed E-state index contributed by atoms with van der Waals surface area (Å²) in [5.41, 5.74) is 18.4. The predicted molar refractivity (Wildman–Crippen MR) is 189 cm³/mol. The number of primary amides is 1. The highest BCUT2D eigenvalue weighted by molar-refractivity contribution is 5.98. The van der Waals surface area contributed by atoms with Gasteiger partial charge in [-0.2, -0.15) is 0 Å². The molecule has 2 aromatic rings. The minimum absolute atomic E-state index is 0.00102. The fraction of sp³-hybridized carbons (Fsp3) is 0.514. The first-order valence-electron chi connectivity index (χ1n) is 16.8. The van der Waals surface area contributed by atoms with E-state index in [1.165, 1.54) is 18.0 Å². The normalized spacial score (nSPS) is 15.1. The van der Waals surface area contributed by atoms with Gasteiger partial charge in [-0.25, -0.2) is 0 Å². The van der Waals surface area contributed by atoms with E-state index in [0.717, 1.165) is 31.7 Å². The predicted octanol–water partition coefficient (Wildman–Crippen LogP) is 0.425. The minimum Gasteiger partial charge on any atom is -0.508 e. The van der Waals surface area contributed by atoms with Crippen LogP contribution < -0.4 is 33.2 Å². The van der Waals surface area contributed by atoms with E-state index in [9.17, 15) is 24.3 Å². The maximum Gasteiger partial charge on any atom is 0.252 e.